The predicted octanol–water partition coefficient (Wildman–Crippen LogP) is 5.46. The van der Waals surface area contributed by atoms with Crippen LogP contribution in [0.5, 0.6) is 0 Å². The van der Waals surface area contributed by atoms with Crippen molar-refractivity contribution < 1.29 is 9.59 Å². The second-order valence-corrected chi connectivity index (χ2v) is 7.21. The summed E-state index contributed by atoms with van der Waals surface area (Å²) in [6, 6.07) is 10.5. The lowest BCUT2D eigenvalue weighted by atomic mass is 9.92. The Morgan fingerprint density at radius 2 is 1.48 bits per heavy atom. The van der Waals surface area contributed by atoms with E-state index in [4.69, 9.17) is 11.6 Å². The molecule has 0 atom stereocenters. The molecule has 0 radical (unpaired) electrons. The van der Waals surface area contributed by atoms with Crippen LogP contribution >= 0.6 is 43.5 Å². The maximum absolute atomic E-state index is 12.7. The number of Topliss-reactive ketones (excluding diaryl/α,β-unsaturated/α-hetero) is 2. The number of ketones is 2. The first-order valence-electron chi connectivity index (χ1n) is 6.71. The van der Waals surface area contributed by atoms with Crippen LogP contribution in [0, 0.1) is 6.92 Å². The molecule has 0 saturated carbocycles. The number of benzene rings is 2. The van der Waals surface area contributed by atoms with E-state index in [1.54, 1.807) is 24.3 Å². The Bertz CT molecular complexity index is 867. The summed E-state index contributed by atoms with van der Waals surface area (Å²) < 4.78 is 1.53. The molecular formula is C17H10Br2ClNO2. The molecule has 1 aliphatic carbocycles. The molecule has 0 fully saturated rings. The number of nitrogens with one attached hydrogen (secondary N) is 1. The van der Waals surface area contributed by atoms with Crippen LogP contribution in [-0.2, 0) is 0 Å². The number of fused-ring (bicyclic) bond motifs is 1. The molecule has 2 aromatic carbocycles. The van der Waals surface area contributed by atoms with E-state index in [-0.39, 0.29) is 22.3 Å². The summed E-state index contributed by atoms with van der Waals surface area (Å²) in [6.07, 6.45) is 0. The van der Waals surface area contributed by atoms with Gasteiger partial charge in [0, 0.05) is 20.1 Å². The number of hydrogen-bond acceptors (Lipinski definition) is 3. The van der Waals surface area contributed by atoms with Crippen LogP contribution in [0.15, 0.2) is 56.1 Å². The zero-order chi connectivity index (χ0) is 16.7. The molecular weight excluding hydrogens is 445 g/mol. The minimum absolute atomic E-state index is 0.0839. The third-order valence-corrected chi connectivity index (χ3v) is 5.11. The molecule has 0 bridgehead atoms. The summed E-state index contributed by atoms with van der Waals surface area (Å²) in [6.45, 7) is 1.96. The van der Waals surface area contributed by atoms with E-state index in [1.165, 1.54) is 0 Å². The Morgan fingerprint density at radius 3 is 2.04 bits per heavy atom. The Labute approximate surface area is 155 Å². The molecule has 0 aliphatic heterocycles. The van der Waals surface area contributed by atoms with Crippen molar-refractivity contribution in [1.82, 2.24) is 0 Å². The highest BCUT2D eigenvalue weighted by atomic mass is 79.9. The summed E-state index contributed by atoms with van der Waals surface area (Å²) >= 11 is 13.1. The summed E-state index contributed by atoms with van der Waals surface area (Å²) in [5, 5.41) is 2.90. The fourth-order valence-corrected chi connectivity index (χ4v) is 4.25. The number of carbonyl (C=O) groups excluding carboxylic acids is 2. The maximum atomic E-state index is 12.7. The van der Waals surface area contributed by atoms with Gasteiger partial charge in [0.25, 0.3) is 0 Å². The van der Waals surface area contributed by atoms with Crippen molar-refractivity contribution in [2.24, 2.45) is 0 Å². The molecule has 0 amide bonds. The lowest BCUT2D eigenvalue weighted by molar-refractivity contribution is 0.0982. The van der Waals surface area contributed by atoms with Gasteiger partial charge in [-0.15, -0.1) is 0 Å². The molecule has 23 heavy (non-hydrogen) atoms. The predicted molar refractivity (Wildman–Crippen MR) is 98.2 cm³/mol. The van der Waals surface area contributed by atoms with Gasteiger partial charge in [0.15, 0.2) is 0 Å². The molecule has 0 heterocycles. The van der Waals surface area contributed by atoms with Gasteiger partial charge in [-0.1, -0.05) is 35.9 Å². The second-order valence-electron chi connectivity index (χ2n) is 5.12. The summed E-state index contributed by atoms with van der Waals surface area (Å²) in [4.78, 5) is 25.1. The minimum atomic E-state index is -0.358. The lowest BCUT2D eigenvalue weighted by Crippen LogP contribution is -2.24. The Kier molecular flexibility index (Phi) is 4.45. The van der Waals surface area contributed by atoms with E-state index in [0.717, 1.165) is 14.5 Å². The number of rotatable bonds is 2. The van der Waals surface area contributed by atoms with E-state index >= 15 is 0 Å². The molecule has 3 rings (SSSR count). The highest BCUT2D eigenvalue weighted by Crippen LogP contribution is 2.36. The van der Waals surface area contributed by atoms with Gasteiger partial charge in [-0.05, 0) is 56.5 Å². The zero-order valence-electron chi connectivity index (χ0n) is 11.9. The first-order valence-corrected chi connectivity index (χ1v) is 8.67. The highest BCUT2D eigenvalue weighted by molar-refractivity contribution is 9.11. The third kappa shape index (κ3) is 2.89. The smallest absolute Gasteiger partial charge is 0.211 e. The van der Waals surface area contributed by atoms with Crippen molar-refractivity contribution in [3.63, 3.8) is 0 Å². The lowest BCUT2D eigenvalue weighted by Gasteiger charge is -2.20. The fourth-order valence-electron chi connectivity index (χ4n) is 2.40. The number of carbonyl (C=O) groups is 2. The van der Waals surface area contributed by atoms with Gasteiger partial charge in [-0.2, -0.15) is 0 Å². The van der Waals surface area contributed by atoms with Gasteiger partial charge >= 0.3 is 0 Å². The molecule has 1 aliphatic rings. The SMILES string of the molecule is Cc1cc(Br)c(NC2=C(Cl)C(=O)c3ccccc3C2=O)c(Br)c1. The van der Waals surface area contributed by atoms with Crippen molar-refractivity contribution in [2.75, 3.05) is 5.32 Å². The van der Waals surface area contributed by atoms with Crippen LogP contribution in [0.4, 0.5) is 5.69 Å². The van der Waals surface area contributed by atoms with Crippen molar-refractivity contribution in [3.05, 3.63) is 72.8 Å². The monoisotopic (exact) mass is 453 g/mol. The minimum Gasteiger partial charge on any atom is -0.349 e. The number of halogens is 3. The van der Waals surface area contributed by atoms with E-state index in [9.17, 15) is 9.59 Å². The zero-order valence-corrected chi connectivity index (χ0v) is 15.8. The molecule has 0 saturated heterocycles. The largest absolute Gasteiger partial charge is 0.349 e. The molecule has 0 spiro atoms. The fraction of sp³-hybridized carbons (Fsp3) is 0.0588. The van der Waals surface area contributed by atoms with Gasteiger partial charge in [-0.3, -0.25) is 9.59 Å². The molecule has 0 aromatic heterocycles. The van der Waals surface area contributed by atoms with E-state index in [1.807, 2.05) is 19.1 Å². The van der Waals surface area contributed by atoms with E-state index in [2.05, 4.69) is 37.2 Å². The van der Waals surface area contributed by atoms with Crippen molar-refractivity contribution in [1.29, 1.82) is 0 Å². The molecule has 2 aromatic rings. The first kappa shape index (κ1) is 16.4. The molecule has 1 N–H and O–H groups in total. The van der Waals surface area contributed by atoms with Gasteiger partial charge in [0.05, 0.1) is 5.69 Å². The molecule has 116 valence electrons. The van der Waals surface area contributed by atoms with Crippen LogP contribution in [-0.4, -0.2) is 11.6 Å². The van der Waals surface area contributed by atoms with Gasteiger partial charge < -0.3 is 5.32 Å². The number of allylic oxidation sites excluding steroid dienone is 2. The van der Waals surface area contributed by atoms with Crippen molar-refractivity contribution >= 4 is 60.7 Å². The Hall–Kier alpha value is -1.43. The number of aryl methyl sites for hydroxylation is 1. The third-order valence-electron chi connectivity index (χ3n) is 3.50. The number of anilines is 1. The standard InChI is InChI=1S/C17H10Br2ClNO2/c1-8-6-11(18)14(12(19)7-8)21-15-13(20)16(22)9-4-2-3-5-10(9)17(15)23/h2-7,21H,1H3. The van der Waals surface area contributed by atoms with Crippen LogP contribution in [0.1, 0.15) is 26.3 Å². The summed E-state index contributed by atoms with van der Waals surface area (Å²) in [5.41, 5.74) is 2.45. The highest BCUT2D eigenvalue weighted by Gasteiger charge is 2.31. The van der Waals surface area contributed by atoms with Crippen LogP contribution in [0.2, 0.25) is 0 Å². The first-order chi connectivity index (χ1) is 10.9. The molecule has 3 nitrogen and oxygen atoms in total. The Morgan fingerprint density at radius 1 is 0.957 bits per heavy atom. The normalized spacial score (nSPS) is 14.1. The van der Waals surface area contributed by atoms with Gasteiger partial charge in [0.1, 0.15) is 10.7 Å². The molecule has 6 heteroatoms. The van der Waals surface area contributed by atoms with Gasteiger partial charge in [-0.25, -0.2) is 0 Å². The average molecular weight is 456 g/mol. The molecule has 0 unspecified atom stereocenters. The number of hydrogen-bond donors (Lipinski definition) is 1. The van der Waals surface area contributed by atoms with E-state index < -0.39 is 0 Å². The van der Waals surface area contributed by atoms with Crippen LogP contribution < -0.4 is 5.32 Å². The summed E-state index contributed by atoms with van der Waals surface area (Å²) in [5.74, 6) is -0.659. The van der Waals surface area contributed by atoms with Gasteiger partial charge in [0.2, 0.25) is 11.6 Å². The van der Waals surface area contributed by atoms with Crippen molar-refractivity contribution in [3.8, 4) is 0 Å². The Balaban J connectivity index is 2.09. The van der Waals surface area contributed by atoms with Crippen LogP contribution in [0.3, 0.4) is 0 Å². The van der Waals surface area contributed by atoms with Crippen LogP contribution in [0.25, 0.3) is 0 Å². The van der Waals surface area contributed by atoms with E-state index in [0.29, 0.717) is 16.8 Å². The topological polar surface area (TPSA) is 46.2 Å². The van der Waals surface area contributed by atoms with Crippen molar-refractivity contribution in [2.45, 2.75) is 6.92 Å². The maximum Gasteiger partial charge on any atom is 0.211 e. The summed E-state index contributed by atoms with van der Waals surface area (Å²) in [7, 11) is 0. The second kappa shape index (κ2) is 6.23. The average Bonchev–Trinajstić information content (AvgIpc) is 2.51. The quantitative estimate of drug-likeness (QED) is 0.654.